The van der Waals surface area contributed by atoms with Crippen LogP contribution in [0, 0.1) is 11.6 Å². The Morgan fingerprint density at radius 2 is 1.91 bits per heavy atom. The van der Waals surface area contributed by atoms with Gasteiger partial charge < -0.3 is 10.4 Å². The van der Waals surface area contributed by atoms with Crippen LogP contribution < -0.4 is 5.32 Å². The minimum atomic E-state index is -1.44. The summed E-state index contributed by atoms with van der Waals surface area (Å²) in [5.74, 6) is -1.42. The zero-order valence-corrected chi connectivity index (χ0v) is 13.9. The summed E-state index contributed by atoms with van der Waals surface area (Å²) in [4.78, 5) is 0. The van der Waals surface area contributed by atoms with Crippen molar-refractivity contribution in [1.29, 1.82) is 0 Å². The predicted molar refractivity (Wildman–Crippen MR) is 84.9 cm³/mol. The highest BCUT2D eigenvalue weighted by Gasteiger charge is 2.27. The van der Waals surface area contributed by atoms with E-state index in [1.54, 1.807) is 6.20 Å². The van der Waals surface area contributed by atoms with Gasteiger partial charge in [-0.25, -0.2) is 8.78 Å². The Morgan fingerprint density at radius 3 is 2.52 bits per heavy atom. The van der Waals surface area contributed by atoms with Gasteiger partial charge in [-0.15, -0.1) is 0 Å². The summed E-state index contributed by atoms with van der Waals surface area (Å²) in [5, 5.41) is 20.6. The molecule has 0 saturated carbocycles. The molecule has 1 unspecified atom stereocenters. The molecule has 0 aliphatic carbocycles. The molecule has 1 heterocycles. The molecule has 0 radical (unpaired) electrons. The lowest BCUT2D eigenvalue weighted by Gasteiger charge is -2.25. The van der Waals surface area contributed by atoms with Crippen LogP contribution in [0.2, 0.25) is 0 Å². The van der Waals surface area contributed by atoms with Crippen LogP contribution in [0.1, 0.15) is 44.5 Å². The summed E-state index contributed by atoms with van der Waals surface area (Å²) in [6.07, 6.45) is 1.74. The van der Waals surface area contributed by atoms with Gasteiger partial charge in [-0.3, -0.25) is 5.10 Å². The molecule has 1 aromatic heterocycles. The molecule has 1 aromatic carbocycles. The highest BCUT2D eigenvalue weighted by molar-refractivity contribution is 5.26. The molecule has 0 saturated heterocycles. The lowest BCUT2D eigenvalue weighted by Crippen LogP contribution is -2.36. The summed E-state index contributed by atoms with van der Waals surface area (Å²) in [6, 6.07) is 3.18. The van der Waals surface area contributed by atoms with E-state index in [9.17, 15) is 13.9 Å². The predicted octanol–water partition coefficient (Wildman–Crippen LogP) is 2.98. The van der Waals surface area contributed by atoms with E-state index in [1.807, 2.05) is 0 Å². The maximum Gasteiger partial charge on any atom is 0.132 e. The molecule has 0 bridgehead atoms. The summed E-state index contributed by atoms with van der Waals surface area (Å²) >= 11 is 0. The number of halogens is 2. The van der Waals surface area contributed by atoms with E-state index in [1.165, 1.54) is 13.0 Å². The van der Waals surface area contributed by atoms with E-state index >= 15 is 0 Å². The maximum absolute atomic E-state index is 13.8. The monoisotopic (exact) mass is 323 g/mol. The van der Waals surface area contributed by atoms with Gasteiger partial charge in [0.2, 0.25) is 0 Å². The number of aromatic nitrogens is 2. The Balaban J connectivity index is 2.04. The second kappa shape index (κ2) is 6.37. The zero-order valence-electron chi connectivity index (χ0n) is 13.9. The van der Waals surface area contributed by atoms with Gasteiger partial charge >= 0.3 is 0 Å². The van der Waals surface area contributed by atoms with Crippen molar-refractivity contribution in [3.05, 3.63) is 52.9 Å². The molecule has 2 rings (SSSR count). The van der Waals surface area contributed by atoms with E-state index in [0.29, 0.717) is 6.54 Å². The molecule has 4 nitrogen and oxygen atoms in total. The third kappa shape index (κ3) is 4.14. The van der Waals surface area contributed by atoms with Crippen LogP contribution in [-0.2, 0) is 17.6 Å². The summed E-state index contributed by atoms with van der Waals surface area (Å²) in [7, 11) is 0. The normalized spacial score (nSPS) is 14.7. The van der Waals surface area contributed by atoms with Crippen LogP contribution in [0.25, 0.3) is 0 Å². The topological polar surface area (TPSA) is 60.9 Å². The summed E-state index contributed by atoms with van der Waals surface area (Å²) in [5.41, 5.74) is 0.558. The number of nitrogens with one attached hydrogen (secondary N) is 2. The second-order valence-corrected chi connectivity index (χ2v) is 7.02. The van der Waals surface area contributed by atoms with Gasteiger partial charge in [-0.2, -0.15) is 5.10 Å². The number of rotatable bonds is 5. The fraction of sp³-hybridized carbons (Fsp3) is 0.471. The summed E-state index contributed by atoms with van der Waals surface area (Å²) in [6.45, 7) is 8.35. The van der Waals surface area contributed by atoms with Crippen molar-refractivity contribution in [2.45, 2.75) is 45.3 Å². The Labute approximate surface area is 134 Å². The molecule has 126 valence electrons. The molecule has 0 spiro atoms. The second-order valence-electron chi connectivity index (χ2n) is 7.02. The van der Waals surface area contributed by atoms with Crippen molar-refractivity contribution in [3.8, 4) is 0 Å². The first-order valence-electron chi connectivity index (χ1n) is 7.52. The minimum absolute atomic E-state index is 0.0645. The summed E-state index contributed by atoms with van der Waals surface area (Å²) < 4.78 is 26.8. The Bertz CT molecular complexity index is 675. The molecule has 2 aromatic rings. The van der Waals surface area contributed by atoms with Crippen LogP contribution in [-0.4, -0.2) is 21.8 Å². The molecule has 3 N–H and O–H groups in total. The average Bonchev–Trinajstić information content (AvgIpc) is 2.86. The van der Waals surface area contributed by atoms with Gasteiger partial charge in [0, 0.05) is 41.4 Å². The number of hydrogen-bond donors (Lipinski definition) is 3. The van der Waals surface area contributed by atoms with E-state index < -0.39 is 17.2 Å². The van der Waals surface area contributed by atoms with Crippen molar-refractivity contribution in [2.24, 2.45) is 0 Å². The molecule has 0 fully saturated rings. The van der Waals surface area contributed by atoms with Crippen molar-refractivity contribution < 1.29 is 13.9 Å². The number of hydrogen-bond acceptors (Lipinski definition) is 3. The van der Waals surface area contributed by atoms with Crippen molar-refractivity contribution in [1.82, 2.24) is 15.5 Å². The van der Waals surface area contributed by atoms with Gasteiger partial charge in [-0.05, 0) is 13.0 Å². The van der Waals surface area contributed by atoms with Gasteiger partial charge in [0.05, 0.1) is 6.20 Å². The van der Waals surface area contributed by atoms with Crippen molar-refractivity contribution in [2.75, 3.05) is 6.54 Å². The Morgan fingerprint density at radius 1 is 1.22 bits per heavy atom. The molecule has 0 amide bonds. The van der Waals surface area contributed by atoms with E-state index in [-0.39, 0.29) is 17.5 Å². The maximum atomic E-state index is 13.8. The van der Waals surface area contributed by atoms with Crippen LogP contribution in [0.5, 0.6) is 0 Å². The molecular formula is C17H23F2N3O. The van der Waals surface area contributed by atoms with Gasteiger partial charge in [0.15, 0.2) is 0 Å². The smallest absolute Gasteiger partial charge is 0.132 e. The molecule has 0 aliphatic heterocycles. The third-order valence-corrected chi connectivity index (χ3v) is 3.76. The van der Waals surface area contributed by atoms with Crippen LogP contribution in [0.4, 0.5) is 8.78 Å². The highest BCUT2D eigenvalue weighted by atomic mass is 19.1. The standard InChI is InChI=1S/C17H23F2N3O/c1-16(2,3)15-11(9-21-22-15)8-20-10-17(4,23)13-6-5-12(18)7-14(13)19/h5-7,9,20,23H,8,10H2,1-4H3,(H,21,22). The van der Waals surface area contributed by atoms with Crippen LogP contribution >= 0.6 is 0 Å². The van der Waals surface area contributed by atoms with E-state index in [0.717, 1.165) is 23.4 Å². The SMILES string of the molecule is CC(C)(C)c1[nH]ncc1CNCC(C)(O)c1ccc(F)cc1F. The lowest BCUT2D eigenvalue weighted by molar-refractivity contribution is 0.0528. The van der Waals surface area contributed by atoms with Crippen molar-refractivity contribution in [3.63, 3.8) is 0 Å². The number of H-pyrrole nitrogens is 1. The quantitative estimate of drug-likeness (QED) is 0.793. The van der Waals surface area contributed by atoms with Gasteiger partial charge in [0.1, 0.15) is 17.2 Å². The molecule has 1 atom stereocenters. The number of nitrogens with zero attached hydrogens (tertiary/aromatic N) is 1. The highest BCUT2D eigenvalue weighted by Crippen LogP contribution is 2.25. The molecule has 23 heavy (non-hydrogen) atoms. The van der Waals surface area contributed by atoms with E-state index in [2.05, 4.69) is 36.3 Å². The first-order chi connectivity index (χ1) is 10.6. The first-order valence-corrected chi connectivity index (χ1v) is 7.52. The average molecular weight is 323 g/mol. The molecule has 0 aliphatic rings. The van der Waals surface area contributed by atoms with Crippen LogP contribution in [0.3, 0.4) is 0 Å². The zero-order chi connectivity index (χ0) is 17.3. The molecule has 6 heteroatoms. The first kappa shape index (κ1) is 17.6. The third-order valence-electron chi connectivity index (χ3n) is 3.76. The number of benzene rings is 1. The van der Waals surface area contributed by atoms with Crippen LogP contribution in [0.15, 0.2) is 24.4 Å². The van der Waals surface area contributed by atoms with Gasteiger partial charge in [0.25, 0.3) is 0 Å². The lowest BCUT2D eigenvalue weighted by atomic mass is 9.89. The Kier molecular flexibility index (Phi) is 4.87. The van der Waals surface area contributed by atoms with Gasteiger partial charge in [-0.1, -0.05) is 26.8 Å². The Hall–Kier alpha value is -1.79. The number of aromatic amines is 1. The minimum Gasteiger partial charge on any atom is -0.384 e. The molecular weight excluding hydrogens is 300 g/mol. The fourth-order valence-corrected chi connectivity index (χ4v) is 2.56. The van der Waals surface area contributed by atoms with E-state index in [4.69, 9.17) is 0 Å². The fourth-order valence-electron chi connectivity index (χ4n) is 2.56. The number of aliphatic hydroxyl groups is 1. The largest absolute Gasteiger partial charge is 0.384 e. The van der Waals surface area contributed by atoms with Crippen molar-refractivity contribution >= 4 is 0 Å².